The van der Waals surface area contributed by atoms with Gasteiger partial charge in [0.1, 0.15) is 5.60 Å². The second kappa shape index (κ2) is 6.14. The van der Waals surface area contributed by atoms with Crippen LogP contribution in [-0.4, -0.2) is 40.8 Å². The van der Waals surface area contributed by atoms with Crippen molar-refractivity contribution in [3.63, 3.8) is 0 Å². The van der Waals surface area contributed by atoms with Gasteiger partial charge in [0.2, 0.25) is 0 Å². The Bertz CT molecular complexity index is 627. The van der Waals surface area contributed by atoms with Crippen LogP contribution in [0, 0.1) is 17.6 Å². The summed E-state index contributed by atoms with van der Waals surface area (Å²) in [6.07, 6.45) is -0.617. The van der Waals surface area contributed by atoms with Crippen LogP contribution in [0.2, 0.25) is 0 Å². The standard InChI is InChI=1S/C16H19F2NO4/c1-16(2,3)23-15(22)19-7-10(11(8-19)14(20)21)9-4-5-12(17)13(18)6-9/h4-6,10-11H,7-8H2,1-3H3,(H,20,21). The zero-order valence-corrected chi connectivity index (χ0v) is 13.2. The molecule has 126 valence electrons. The van der Waals surface area contributed by atoms with E-state index in [1.165, 1.54) is 11.0 Å². The highest BCUT2D eigenvalue weighted by molar-refractivity contribution is 5.76. The number of carbonyl (C=O) groups excluding carboxylic acids is 1. The molecule has 2 rings (SSSR count). The van der Waals surface area contributed by atoms with Gasteiger partial charge >= 0.3 is 12.1 Å². The van der Waals surface area contributed by atoms with E-state index < -0.39 is 41.1 Å². The molecule has 0 radical (unpaired) electrons. The fraction of sp³-hybridized carbons (Fsp3) is 0.500. The summed E-state index contributed by atoms with van der Waals surface area (Å²) < 4.78 is 31.7. The predicted molar refractivity (Wildman–Crippen MR) is 78.0 cm³/mol. The minimum atomic E-state index is -1.09. The van der Waals surface area contributed by atoms with Gasteiger partial charge < -0.3 is 14.7 Å². The van der Waals surface area contributed by atoms with Crippen molar-refractivity contribution >= 4 is 12.1 Å². The molecule has 1 aliphatic rings. The Hall–Kier alpha value is -2.18. The van der Waals surface area contributed by atoms with Crippen molar-refractivity contribution in [1.29, 1.82) is 0 Å². The van der Waals surface area contributed by atoms with E-state index in [2.05, 4.69) is 0 Å². The van der Waals surface area contributed by atoms with Gasteiger partial charge in [-0.05, 0) is 38.5 Å². The van der Waals surface area contributed by atoms with Crippen LogP contribution in [0.1, 0.15) is 32.3 Å². The summed E-state index contributed by atoms with van der Waals surface area (Å²) in [5.41, 5.74) is -0.349. The van der Waals surface area contributed by atoms with Crippen molar-refractivity contribution < 1.29 is 28.2 Å². The Kier molecular flexibility index (Phi) is 4.58. The first kappa shape index (κ1) is 17.2. The van der Waals surface area contributed by atoms with Gasteiger partial charge in [0.15, 0.2) is 11.6 Å². The molecule has 1 N–H and O–H groups in total. The first-order valence-corrected chi connectivity index (χ1v) is 7.24. The van der Waals surface area contributed by atoms with Crippen molar-refractivity contribution in [3.05, 3.63) is 35.4 Å². The van der Waals surface area contributed by atoms with Gasteiger partial charge in [-0.25, -0.2) is 13.6 Å². The largest absolute Gasteiger partial charge is 0.481 e. The summed E-state index contributed by atoms with van der Waals surface area (Å²) in [5.74, 6) is -4.64. The third-order valence-corrected chi connectivity index (χ3v) is 3.66. The SMILES string of the molecule is CC(C)(C)OC(=O)N1CC(C(=O)O)C(c2ccc(F)c(F)c2)C1. The van der Waals surface area contributed by atoms with E-state index in [9.17, 15) is 23.5 Å². The van der Waals surface area contributed by atoms with E-state index in [0.717, 1.165) is 12.1 Å². The number of rotatable bonds is 2. The number of carboxylic acid groups (broad SMARTS) is 1. The molecule has 1 aromatic rings. The highest BCUT2D eigenvalue weighted by atomic mass is 19.2. The molecule has 0 aliphatic carbocycles. The maximum Gasteiger partial charge on any atom is 0.410 e. The lowest BCUT2D eigenvalue weighted by atomic mass is 9.89. The number of nitrogens with zero attached hydrogens (tertiary/aromatic N) is 1. The molecule has 1 aromatic carbocycles. The van der Waals surface area contributed by atoms with E-state index in [1.54, 1.807) is 20.8 Å². The molecule has 1 saturated heterocycles. The third-order valence-electron chi connectivity index (χ3n) is 3.66. The number of halogens is 2. The van der Waals surface area contributed by atoms with E-state index >= 15 is 0 Å². The second-order valence-electron chi connectivity index (χ2n) is 6.61. The molecule has 1 amide bonds. The van der Waals surface area contributed by atoms with Gasteiger partial charge in [-0.2, -0.15) is 0 Å². The highest BCUT2D eigenvalue weighted by Crippen LogP contribution is 2.34. The smallest absolute Gasteiger partial charge is 0.410 e. The molecular formula is C16H19F2NO4. The van der Waals surface area contributed by atoms with Gasteiger partial charge in [-0.1, -0.05) is 6.07 Å². The maximum absolute atomic E-state index is 13.4. The molecule has 0 aromatic heterocycles. The Balaban J connectivity index is 2.23. The predicted octanol–water partition coefficient (Wildman–Crippen LogP) is 3.00. The summed E-state index contributed by atoms with van der Waals surface area (Å²) in [4.78, 5) is 24.8. The quantitative estimate of drug-likeness (QED) is 0.907. The third kappa shape index (κ3) is 3.97. The second-order valence-corrected chi connectivity index (χ2v) is 6.61. The van der Waals surface area contributed by atoms with Gasteiger partial charge in [0.25, 0.3) is 0 Å². The number of hydrogen-bond donors (Lipinski definition) is 1. The first-order valence-electron chi connectivity index (χ1n) is 7.24. The number of carbonyl (C=O) groups is 2. The van der Waals surface area contributed by atoms with E-state index in [4.69, 9.17) is 4.74 Å². The lowest BCUT2D eigenvalue weighted by Crippen LogP contribution is -2.35. The Labute approximate surface area is 132 Å². The number of ether oxygens (including phenoxy) is 1. The van der Waals surface area contributed by atoms with Gasteiger partial charge in [0.05, 0.1) is 5.92 Å². The molecule has 0 spiro atoms. The van der Waals surface area contributed by atoms with E-state index in [1.807, 2.05) is 0 Å². The summed E-state index contributed by atoms with van der Waals surface area (Å²) >= 11 is 0. The summed E-state index contributed by atoms with van der Waals surface area (Å²) in [5, 5.41) is 9.35. The van der Waals surface area contributed by atoms with Crippen LogP contribution in [0.25, 0.3) is 0 Å². The zero-order chi connectivity index (χ0) is 17.4. The Morgan fingerprint density at radius 3 is 2.39 bits per heavy atom. The van der Waals surface area contributed by atoms with E-state index in [0.29, 0.717) is 5.56 Å². The van der Waals surface area contributed by atoms with Crippen LogP contribution in [0.4, 0.5) is 13.6 Å². The lowest BCUT2D eigenvalue weighted by molar-refractivity contribution is -0.141. The number of hydrogen-bond acceptors (Lipinski definition) is 3. The normalized spacial score (nSPS) is 21.3. The average molecular weight is 327 g/mol. The molecule has 0 bridgehead atoms. The summed E-state index contributed by atoms with van der Waals surface area (Å²) in [6, 6.07) is 3.28. The fourth-order valence-corrected chi connectivity index (χ4v) is 2.61. The molecule has 5 nitrogen and oxygen atoms in total. The van der Waals surface area contributed by atoms with Crippen LogP contribution >= 0.6 is 0 Å². The molecule has 1 fully saturated rings. The number of benzene rings is 1. The zero-order valence-electron chi connectivity index (χ0n) is 13.2. The number of likely N-dealkylation sites (tertiary alicyclic amines) is 1. The van der Waals surface area contributed by atoms with Gasteiger partial charge in [-0.3, -0.25) is 4.79 Å². The minimum Gasteiger partial charge on any atom is -0.481 e. The summed E-state index contributed by atoms with van der Waals surface area (Å²) in [6.45, 7) is 5.18. The maximum atomic E-state index is 13.4. The van der Waals surface area contributed by atoms with Crippen LogP contribution in [0.15, 0.2) is 18.2 Å². The average Bonchev–Trinajstić information content (AvgIpc) is 2.85. The molecule has 2 atom stereocenters. The van der Waals surface area contributed by atoms with Crippen LogP contribution < -0.4 is 0 Å². The molecular weight excluding hydrogens is 308 g/mol. The lowest BCUT2D eigenvalue weighted by Gasteiger charge is -2.24. The van der Waals surface area contributed by atoms with Crippen LogP contribution in [0.3, 0.4) is 0 Å². The Morgan fingerprint density at radius 1 is 1.22 bits per heavy atom. The van der Waals surface area contributed by atoms with Crippen LogP contribution in [0.5, 0.6) is 0 Å². The molecule has 0 saturated carbocycles. The minimum absolute atomic E-state index is 0.0338. The van der Waals surface area contributed by atoms with Crippen molar-refractivity contribution in [1.82, 2.24) is 4.90 Å². The number of carboxylic acids is 1. The van der Waals surface area contributed by atoms with Crippen molar-refractivity contribution in [2.24, 2.45) is 5.92 Å². The molecule has 23 heavy (non-hydrogen) atoms. The fourth-order valence-electron chi connectivity index (χ4n) is 2.61. The molecule has 7 heteroatoms. The first-order chi connectivity index (χ1) is 10.6. The topological polar surface area (TPSA) is 66.8 Å². The summed E-state index contributed by atoms with van der Waals surface area (Å²) in [7, 11) is 0. The van der Waals surface area contributed by atoms with E-state index in [-0.39, 0.29) is 13.1 Å². The number of aliphatic carboxylic acids is 1. The molecule has 1 heterocycles. The molecule has 2 unspecified atom stereocenters. The highest BCUT2D eigenvalue weighted by Gasteiger charge is 2.42. The van der Waals surface area contributed by atoms with Gasteiger partial charge in [-0.15, -0.1) is 0 Å². The van der Waals surface area contributed by atoms with Crippen molar-refractivity contribution in [3.8, 4) is 0 Å². The van der Waals surface area contributed by atoms with Gasteiger partial charge in [0, 0.05) is 19.0 Å². The van der Waals surface area contributed by atoms with Crippen molar-refractivity contribution in [2.45, 2.75) is 32.3 Å². The molecule has 1 aliphatic heterocycles. The van der Waals surface area contributed by atoms with Crippen LogP contribution in [-0.2, 0) is 9.53 Å². The number of amides is 1. The Morgan fingerprint density at radius 2 is 1.87 bits per heavy atom. The van der Waals surface area contributed by atoms with Crippen molar-refractivity contribution in [2.75, 3.05) is 13.1 Å². The monoisotopic (exact) mass is 327 g/mol.